The molecule has 2 aromatic carbocycles. The van der Waals surface area contributed by atoms with Crippen LogP contribution < -0.4 is 4.74 Å². The van der Waals surface area contributed by atoms with E-state index in [1.54, 1.807) is 12.1 Å². The molecule has 0 atom stereocenters. The van der Waals surface area contributed by atoms with E-state index in [1.807, 2.05) is 30.3 Å². The molecule has 0 aliphatic rings. The van der Waals surface area contributed by atoms with Gasteiger partial charge in [-0.3, -0.25) is 0 Å². The molecule has 0 amide bonds. The van der Waals surface area contributed by atoms with Crippen LogP contribution in [0.3, 0.4) is 0 Å². The minimum Gasteiger partial charge on any atom is -0.493 e. The van der Waals surface area contributed by atoms with Gasteiger partial charge in [-0.2, -0.15) is 0 Å². The first kappa shape index (κ1) is 18.6. The van der Waals surface area contributed by atoms with Crippen LogP contribution in [0.4, 0.5) is 4.39 Å². The molecule has 2 heterocycles. The summed E-state index contributed by atoms with van der Waals surface area (Å²) in [5, 5.41) is 0.645. The van der Waals surface area contributed by atoms with Gasteiger partial charge >= 0.3 is 0 Å². The van der Waals surface area contributed by atoms with Crippen LogP contribution in [0.2, 0.25) is 5.02 Å². The molecule has 0 fully saturated rings. The molecular formula is C22H20ClFN2O2. The zero-order valence-corrected chi connectivity index (χ0v) is 16.4. The summed E-state index contributed by atoms with van der Waals surface area (Å²) in [4.78, 5) is 7.41. The highest BCUT2D eigenvalue weighted by Crippen LogP contribution is 2.29. The van der Waals surface area contributed by atoms with Gasteiger partial charge in [-0.25, -0.2) is 9.37 Å². The molecule has 0 radical (unpaired) electrons. The van der Waals surface area contributed by atoms with Gasteiger partial charge in [0, 0.05) is 17.0 Å². The maximum absolute atomic E-state index is 13.9. The van der Waals surface area contributed by atoms with Crippen molar-refractivity contribution in [2.75, 3.05) is 6.61 Å². The van der Waals surface area contributed by atoms with Crippen molar-refractivity contribution in [2.45, 2.75) is 20.3 Å². The number of ether oxygens (including phenoxy) is 1. The van der Waals surface area contributed by atoms with Gasteiger partial charge in [0.15, 0.2) is 17.4 Å². The van der Waals surface area contributed by atoms with Crippen LogP contribution in [-0.4, -0.2) is 16.6 Å². The Morgan fingerprint density at radius 3 is 2.82 bits per heavy atom. The summed E-state index contributed by atoms with van der Waals surface area (Å²) in [5.41, 5.74) is 1.88. The van der Waals surface area contributed by atoms with Gasteiger partial charge < -0.3 is 14.1 Å². The van der Waals surface area contributed by atoms with Gasteiger partial charge in [-0.15, -0.1) is 0 Å². The summed E-state index contributed by atoms with van der Waals surface area (Å²) in [6, 6.07) is 14.1. The fraction of sp³-hybridized carbons (Fsp3) is 0.227. The predicted octanol–water partition coefficient (Wildman–Crippen LogP) is 6.24. The van der Waals surface area contributed by atoms with E-state index >= 15 is 0 Å². The lowest BCUT2D eigenvalue weighted by Crippen LogP contribution is -2.06. The topological polar surface area (TPSA) is 51.0 Å². The fourth-order valence-corrected chi connectivity index (χ4v) is 3.18. The van der Waals surface area contributed by atoms with Gasteiger partial charge in [0.1, 0.15) is 17.0 Å². The minimum atomic E-state index is -0.363. The van der Waals surface area contributed by atoms with Gasteiger partial charge in [0.05, 0.1) is 12.1 Å². The third kappa shape index (κ3) is 3.90. The number of H-pyrrole nitrogens is 1. The first-order chi connectivity index (χ1) is 13.5. The van der Waals surface area contributed by atoms with Crippen molar-refractivity contribution in [3.05, 3.63) is 70.7 Å². The van der Waals surface area contributed by atoms with Gasteiger partial charge in [-0.05, 0) is 48.4 Å². The molecule has 0 saturated carbocycles. The Hall–Kier alpha value is -2.79. The minimum absolute atomic E-state index is 0.301. The molecule has 6 heteroatoms. The van der Waals surface area contributed by atoms with Crippen LogP contribution in [0.25, 0.3) is 22.6 Å². The largest absolute Gasteiger partial charge is 0.493 e. The van der Waals surface area contributed by atoms with Gasteiger partial charge in [0.2, 0.25) is 0 Å². The number of benzene rings is 2. The van der Waals surface area contributed by atoms with E-state index in [0.29, 0.717) is 46.6 Å². The quantitative estimate of drug-likeness (QED) is 0.418. The second kappa shape index (κ2) is 7.68. The van der Waals surface area contributed by atoms with E-state index < -0.39 is 0 Å². The highest BCUT2D eigenvalue weighted by molar-refractivity contribution is 6.30. The normalized spacial score (nSPS) is 11.5. The molecule has 4 aromatic rings. The summed E-state index contributed by atoms with van der Waals surface area (Å²) < 4.78 is 25.7. The Morgan fingerprint density at radius 2 is 2.04 bits per heavy atom. The zero-order valence-electron chi connectivity index (χ0n) is 15.6. The molecule has 0 saturated heterocycles. The number of hydrogen-bond acceptors (Lipinski definition) is 3. The summed E-state index contributed by atoms with van der Waals surface area (Å²) >= 11 is 6.17. The lowest BCUT2D eigenvalue weighted by Gasteiger charge is -2.13. The fourth-order valence-electron chi connectivity index (χ4n) is 2.99. The van der Waals surface area contributed by atoms with E-state index in [-0.39, 0.29) is 5.82 Å². The number of para-hydroxylation sites is 1. The van der Waals surface area contributed by atoms with Crippen molar-refractivity contribution in [1.29, 1.82) is 0 Å². The molecule has 4 nitrogen and oxygen atoms in total. The van der Waals surface area contributed by atoms with Crippen molar-refractivity contribution in [2.24, 2.45) is 5.92 Å². The average Bonchev–Trinajstić information content (AvgIpc) is 3.28. The number of aromatic nitrogens is 2. The summed E-state index contributed by atoms with van der Waals surface area (Å²) in [7, 11) is 0. The van der Waals surface area contributed by atoms with Crippen molar-refractivity contribution < 1.29 is 13.5 Å². The number of nitrogens with one attached hydrogen (secondary N) is 1. The molecule has 28 heavy (non-hydrogen) atoms. The van der Waals surface area contributed by atoms with Crippen LogP contribution in [-0.2, 0) is 6.42 Å². The second-order valence-corrected chi connectivity index (χ2v) is 7.56. The van der Waals surface area contributed by atoms with Crippen LogP contribution >= 0.6 is 11.6 Å². The first-order valence-corrected chi connectivity index (χ1v) is 9.52. The Labute approximate surface area is 167 Å². The number of fused-ring (bicyclic) bond motifs is 1. The second-order valence-electron chi connectivity index (χ2n) is 7.12. The maximum atomic E-state index is 13.9. The number of rotatable bonds is 6. The van der Waals surface area contributed by atoms with Crippen molar-refractivity contribution in [3.8, 4) is 17.3 Å². The number of furan rings is 1. The highest BCUT2D eigenvalue weighted by Gasteiger charge is 2.14. The Kier molecular flexibility index (Phi) is 5.09. The number of hydrogen-bond donors (Lipinski definition) is 1. The molecule has 0 bridgehead atoms. The SMILES string of the molecule is CC(C)COc1ccc(Cl)cc1Cc1ccc(-c2nc3c(F)cccc3[nH]2)o1. The molecule has 0 spiro atoms. The van der Waals surface area contributed by atoms with Crippen LogP contribution in [0, 0.1) is 11.7 Å². The lowest BCUT2D eigenvalue weighted by molar-refractivity contribution is 0.268. The third-order valence-electron chi connectivity index (χ3n) is 4.32. The van der Waals surface area contributed by atoms with Crippen molar-refractivity contribution in [3.63, 3.8) is 0 Å². The molecule has 4 rings (SSSR count). The first-order valence-electron chi connectivity index (χ1n) is 9.14. The standard InChI is InChI=1S/C22H20ClFN2O2/c1-13(2)12-27-19-8-6-15(23)10-14(19)11-16-7-9-20(28-16)22-25-18-5-3-4-17(24)21(18)26-22/h3-10,13H,11-12H2,1-2H3,(H,25,26). The smallest absolute Gasteiger partial charge is 0.174 e. The molecule has 2 aromatic heterocycles. The molecule has 0 unspecified atom stereocenters. The van der Waals surface area contributed by atoms with E-state index in [0.717, 1.165) is 17.1 Å². The summed E-state index contributed by atoms with van der Waals surface area (Å²) in [6.07, 6.45) is 0.530. The molecule has 144 valence electrons. The molecule has 0 aliphatic heterocycles. The van der Waals surface area contributed by atoms with Crippen LogP contribution in [0.5, 0.6) is 5.75 Å². The monoisotopic (exact) mass is 398 g/mol. The summed E-state index contributed by atoms with van der Waals surface area (Å²) in [6.45, 7) is 4.83. The number of imidazole rings is 1. The van der Waals surface area contributed by atoms with E-state index in [1.165, 1.54) is 6.07 Å². The highest BCUT2D eigenvalue weighted by atomic mass is 35.5. The number of aromatic amines is 1. The zero-order chi connectivity index (χ0) is 19.7. The average molecular weight is 399 g/mol. The van der Waals surface area contributed by atoms with Gasteiger partial charge in [-0.1, -0.05) is 31.5 Å². The Morgan fingerprint density at radius 1 is 1.18 bits per heavy atom. The van der Waals surface area contributed by atoms with Crippen LogP contribution in [0.1, 0.15) is 25.2 Å². The number of nitrogens with zero attached hydrogens (tertiary/aromatic N) is 1. The maximum Gasteiger partial charge on any atom is 0.174 e. The third-order valence-corrected chi connectivity index (χ3v) is 4.55. The van der Waals surface area contributed by atoms with Gasteiger partial charge in [0.25, 0.3) is 0 Å². The van der Waals surface area contributed by atoms with E-state index in [9.17, 15) is 4.39 Å². The Bertz CT molecular complexity index is 1120. The van der Waals surface area contributed by atoms with Crippen molar-refractivity contribution >= 4 is 22.6 Å². The van der Waals surface area contributed by atoms with Crippen molar-refractivity contribution in [1.82, 2.24) is 9.97 Å². The molecular weight excluding hydrogens is 379 g/mol. The molecule has 0 aliphatic carbocycles. The van der Waals surface area contributed by atoms with E-state index in [4.69, 9.17) is 20.8 Å². The predicted molar refractivity (Wildman–Crippen MR) is 108 cm³/mol. The van der Waals surface area contributed by atoms with E-state index in [2.05, 4.69) is 23.8 Å². The molecule has 1 N–H and O–H groups in total. The lowest BCUT2D eigenvalue weighted by atomic mass is 10.1. The number of halogens is 2. The summed E-state index contributed by atoms with van der Waals surface area (Å²) in [5.74, 6) is 2.64. The Balaban J connectivity index is 1.59. The van der Waals surface area contributed by atoms with Crippen LogP contribution in [0.15, 0.2) is 52.9 Å².